The quantitative estimate of drug-likeness (QED) is 0.842. The average molecular weight is 332 g/mol. The molecule has 0 spiro atoms. The molecule has 19 heavy (non-hydrogen) atoms. The third-order valence-corrected chi connectivity index (χ3v) is 3.36. The van der Waals surface area contributed by atoms with Crippen molar-refractivity contribution in [3.05, 3.63) is 34.1 Å². The van der Waals surface area contributed by atoms with Gasteiger partial charge in [-0.25, -0.2) is 4.39 Å². The van der Waals surface area contributed by atoms with Gasteiger partial charge in [0.15, 0.2) is 0 Å². The molecule has 0 aromatic heterocycles. The Kier molecular flexibility index (Phi) is 5.95. The number of rotatable bonds is 6. The fourth-order valence-corrected chi connectivity index (χ4v) is 2.07. The summed E-state index contributed by atoms with van der Waals surface area (Å²) < 4.78 is 13.5. The number of halogens is 2. The molecule has 1 atom stereocenters. The number of carbonyl (C=O) groups is 2. The van der Waals surface area contributed by atoms with E-state index in [1.807, 2.05) is 6.92 Å². The predicted octanol–water partition coefficient (Wildman–Crippen LogP) is 2.82. The first kappa shape index (κ1) is 15.6. The van der Waals surface area contributed by atoms with Gasteiger partial charge in [0.2, 0.25) is 0 Å². The third kappa shape index (κ3) is 4.63. The Morgan fingerprint density at radius 1 is 1.47 bits per heavy atom. The maximum atomic E-state index is 13.1. The van der Waals surface area contributed by atoms with Crippen LogP contribution in [-0.2, 0) is 4.79 Å². The Balaban J connectivity index is 2.69. The van der Waals surface area contributed by atoms with E-state index in [4.69, 9.17) is 5.11 Å². The fourth-order valence-electron chi connectivity index (χ4n) is 1.64. The number of hydrogen-bond donors (Lipinski definition) is 2. The molecule has 0 fully saturated rings. The fraction of sp³-hybridized carbons (Fsp3) is 0.385. The summed E-state index contributed by atoms with van der Waals surface area (Å²) in [7, 11) is 0. The Bertz CT molecular complexity index is 479. The molecule has 2 N–H and O–H groups in total. The molecular formula is C13H15BrFNO3. The van der Waals surface area contributed by atoms with E-state index in [1.54, 1.807) is 0 Å². The zero-order valence-electron chi connectivity index (χ0n) is 10.5. The van der Waals surface area contributed by atoms with Crippen molar-refractivity contribution in [1.82, 2.24) is 5.32 Å². The standard InChI is InChI=1S/C13H15BrFNO3/c1-2-3-8(13(18)19)7-16-12(17)10-6-9(15)4-5-11(10)14/h4-6,8H,2-3,7H2,1H3,(H,16,17)(H,18,19). The summed E-state index contributed by atoms with van der Waals surface area (Å²) >= 11 is 3.15. The molecule has 104 valence electrons. The highest BCUT2D eigenvalue weighted by Crippen LogP contribution is 2.17. The van der Waals surface area contributed by atoms with Crippen molar-refractivity contribution in [3.8, 4) is 0 Å². The summed E-state index contributed by atoms with van der Waals surface area (Å²) in [5, 5.41) is 11.5. The van der Waals surface area contributed by atoms with Crippen molar-refractivity contribution in [1.29, 1.82) is 0 Å². The van der Waals surface area contributed by atoms with Crippen molar-refractivity contribution >= 4 is 27.8 Å². The first-order chi connectivity index (χ1) is 8.95. The maximum absolute atomic E-state index is 13.1. The lowest BCUT2D eigenvalue weighted by molar-refractivity contribution is -0.141. The Labute approximate surface area is 119 Å². The van der Waals surface area contributed by atoms with Crippen molar-refractivity contribution in [2.75, 3.05) is 6.54 Å². The number of carboxylic acid groups (broad SMARTS) is 1. The lowest BCUT2D eigenvalue weighted by Gasteiger charge is -2.13. The maximum Gasteiger partial charge on any atom is 0.308 e. The monoisotopic (exact) mass is 331 g/mol. The van der Waals surface area contributed by atoms with Crippen molar-refractivity contribution in [3.63, 3.8) is 0 Å². The highest BCUT2D eigenvalue weighted by atomic mass is 79.9. The topological polar surface area (TPSA) is 66.4 Å². The number of benzene rings is 1. The number of nitrogens with one attached hydrogen (secondary N) is 1. The van der Waals surface area contributed by atoms with Gasteiger partial charge < -0.3 is 10.4 Å². The van der Waals surface area contributed by atoms with Gasteiger partial charge in [0.1, 0.15) is 5.82 Å². The van der Waals surface area contributed by atoms with Crippen molar-refractivity contribution < 1.29 is 19.1 Å². The molecule has 1 rings (SSSR count). The van der Waals surface area contributed by atoms with Gasteiger partial charge in [0.05, 0.1) is 11.5 Å². The van der Waals surface area contributed by atoms with Crippen LogP contribution in [-0.4, -0.2) is 23.5 Å². The average Bonchev–Trinajstić information content (AvgIpc) is 2.36. The second-order valence-electron chi connectivity index (χ2n) is 4.16. The van der Waals surface area contributed by atoms with E-state index in [0.29, 0.717) is 10.9 Å². The van der Waals surface area contributed by atoms with Gasteiger partial charge in [-0.1, -0.05) is 13.3 Å². The largest absolute Gasteiger partial charge is 0.481 e. The second-order valence-corrected chi connectivity index (χ2v) is 5.01. The summed E-state index contributed by atoms with van der Waals surface area (Å²) in [4.78, 5) is 22.8. The summed E-state index contributed by atoms with van der Waals surface area (Å²) in [6.07, 6.45) is 1.20. The van der Waals surface area contributed by atoms with E-state index in [0.717, 1.165) is 12.5 Å². The van der Waals surface area contributed by atoms with Crippen LogP contribution in [0.4, 0.5) is 4.39 Å². The SMILES string of the molecule is CCCC(CNC(=O)c1cc(F)ccc1Br)C(=O)O. The van der Waals surface area contributed by atoms with E-state index in [2.05, 4.69) is 21.2 Å². The molecule has 0 aliphatic carbocycles. The van der Waals surface area contributed by atoms with Crippen LogP contribution < -0.4 is 5.32 Å². The molecule has 1 amide bonds. The van der Waals surface area contributed by atoms with Gasteiger partial charge >= 0.3 is 5.97 Å². The van der Waals surface area contributed by atoms with E-state index in [1.165, 1.54) is 12.1 Å². The lowest BCUT2D eigenvalue weighted by Crippen LogP contribution is -2.33. The molecular weight excluding hydrogens is 317 g/mol. The highest BCUT2D eigenvalue weighted by Gasteiger charge is 2.18. The number of amides is 1. The smallest absolute Gasteiger partial charge is 0.308 e. The summed E-state index contributed by atoms with van der Waals surface area (Å²) in [5.41, 5.74) is 0.153. The van der Waals surface area contributed by atoms with E-state index in [9.17, 15) is 14.0 Å². The van der Waals surface area contributed by atoms with Gasteiger partial charge in [0.25, 0.3) is 5.91 Å². The summed E-state index contributed by atoms with van der Waals surface area (Å²) in [5.74, 6) is -2.58. The zero-order chi connectivity index (χ0) is 14.4. The highest BCUT2D eigenvalue weighted by molar-refractivity contribution is 9.10. The van der Waals surface area contributed by atoms with Crippen LogP contribution in [0.3, 0.4) is 0 Å². The molecule has 4 nitrogen and oxygen atoms in total. The van der Waals surface area contributed by atoms with E-state index < -0.39 is 23.6 Å². The zero-order valence-corrected chi connectivity index (χ0v) is 12.0. The van der Waals surface area contributed by atoms with Crippen LogP contribution in [0.1, 0.15) is 30.1 Å². The van der Waals surface area contributed by atoms with Gasteiger partial charge in [-0.3, -0.25) is 9.59 Å². The molecule has 1 aromatic rings. The number of carbonyl (C=O) groups excluding carboxylic acids is 1. The molecule has 6 heteroatoms. The number of carboxylic acids is 1. The number of hydrogen-bond acceptors (Lipinski definition) is 2. The van der Waals surface area contributed by atoms with Gasteiger partial charge in [-0.05, 0) is 40.5 Å². The molecule has 0 heterocycles. The lowest BCUT2D eigenvalue weighted by atomic mass is 10.0. The van der Waals surface area contributed by atoms with Crippen LogP contribution in [0.25, 0.3) is 0 Å². The van der Waals surface area contributed by atoms with Crippen LogP contribution in [0, 0.1) is 11.7 Å². The van der Waals surface area contributed by atoms with Gasteiger partial charge in [0, 0.05) is 11.0 Å². The minimum absolute atomic E-state index is 0.0327. The number of aliphatic carboxylic acids is 1. The van der Waals surface area contributed by atoms with Gasteiger partial charge in [-0.2, -0.15) is 0 Å². The molecule has 0 aliphatic rings. The minimum atomic E-state index is -0.944. The Hall–Kier alpha value is -1.43. The first-order valence-corrected chi connectivity index (χ1v) is 6.71. The minimum Gasteiger partial charge on any atom is -0.481 e. The summed E-state index contributed by atoms with van der Waals surface area (Å²) in [6.45, 7) is 1.91. The first-order valence-electron chi connectivity index (χ1n) is 5.91. The van der Waals surface area contributed by atoms with E-state index in [-0.39, 0.29) is 12.1 Å². The van der Waals surface area contributed by atoms with Crippen molar-refractivity contribution in [2.45, 2.75) is 19.8 Å². The Morgan fingerprint density at radius 2 is 2.16 bits per heavy atom. The van der Waals surface area contributed by atoms with Crippen LogP contribution in [0.15, 0.2) is 22.7 Å². The second kappa shape index (κ2) is 7.23. The molecule has 0 bridgehead atoms. The molecule has 1 aromatic carbocycles. The van der Waals surface area contributed by atoms with Crippen LogP contribution >= 0.6 is 15.9 Å². The molecule has 1 unspecified atom stereocenters. The molecule has 0 saturated heterocycles. The normalized spacial score (nSPS) is 11.9. The van der Waals surface area contributed by atoms with Crippen LogP contribution in [0.5, 0.6) is 0 Å². The van der Waals surface area contributed by atoms with Crippen LogP contribution in [0.2, 0.25) is 0 Å². The third-order valence-electron chi connectivity index (χ3n) is 2.67. The van der Waals surface area contributed by atoms with Gasteiger partial charge in [-0.15, -0.1) is 0 Å². The Morgan fingerprint density at radius 3 is 2.74 bits per heavy atom. The van der Waals surface area contributed by atoms with Crippen molar-refractivity contribution in [2.24, 2.45) is 5.92 Å². The molecule has 0 radical (unpaired) electrons. The summed E-state index contributed by atoms with van der Waals surface area (Å²) in [6, 6.07) is 3.78. The molecule has 0 aliphatic heterocycles. The predicted molar refractivity (Wildman–Crippen MR) is 72.5 cm³/mol. The van der Waals surface area contributed by atoms with E-state index >= 15 is 0 Å². The molecule has 0 saturated carbocycles.